The third-order valence-electron chi connectivity index (χ3n) is 3.95. The van der Waals surface area contributed by atoms with Crippen molar-refractivity contribution in [2.45, 2.75) is 40.5 Å². The number of unbranched alkanes of at least 4 members (excludes halogenated alkanes) is 1. The molecule has 2 N–H and O–H groups in total. The second-order valence-electron chi connectivity index (χ2n) is 7.44. The first-order valence-corrected chi connectivity index (χ1v) is 9.26. The van der Waals surface area contributed by atoms with Gasteiger partial charge in [-0.15, -0.1) is 0 Å². The number of amides is 2. The van der Waals surface area contributed by atoms with E-state index < -0.39 is 5.41 Å². The first kappa shape index (κ1) is 20.5. The highest BCUT2D eigenvalue weighted by Gasteiger charge is 2.21. The van der Waals surface area contributed by atoms with Crippen molar-refractivity contribution in [3.8, 4) is 5.75 Å². The SMILES string of the molecule is CCCCOc1ccccc1C(=O)Nc1cccc(NC(=O)C(C)(C)C)c1. The molecule has 0 aromatic heterocycles. The Labute approximate surface area is 161 Å². The van der Waals surface area contributed by atoms with Crippen LogP contribution in [0, 0.1) is 5.41 Å². The molecule has 0 saturated heterocycles. The van der Waals surface area contributed by atoms with Crippen molar-refractivity contribution in [3.63, 3.8) is 0 Å². The van der Waals surface area contributed by atoms with Crippen LogP contribution in [0.15, 0.2) is 48.5 Å². The number of hydrogen-bond donors (Lipinski definition) is 2. The summed E-state index contributed by atoms with van der Waals surface area (Å²) >= 11 is 0. The fraction of sp³-hybridized carbons (Fsp3) is 0.364. The molecule has 0 atom stereocenters. The molecule has 0 fully saturated rings. The molecule has 0 unspecified atom stereocenters. The monoisotopic (exact) mass is 368 g/mol. The van der Waals surface area contributed by atoms with Gasteiger partial charge in [0.2, 0.25) is 5.91 Å². The molecule has 0 bridgehead atoms. The first-order chi connectivity index (χ1) is 12.8. The van der Waals surface area contributed by atoms with Gasteiger partial charge in [-0.1, -0.05) is 52.3 Å². The van der Waals surface area contributed by atoms with E-state index in [-0.39, 0.29) is 11.8 Å². The largest absolute Gasteiger partial charge is 0.493 e. The Kier molecular flexibility index (Phi) is 6.99. The molecule has 2 rings (SSSR count). The molecule has 5 nitrogen and oxygen atoms in total. The molecule has 0 aliphatic carbocycles. The van der Waals surface area contributed by atoms with E-state index in [2.05, 4.69) is 17.6 Å². The third kappa shape index (κ3) is 6.13. The quantitative estimate of drug-likeness (QED) is 0.668. The summed E-state index contributed by atoms with van der Waals surface area (Å²) in [7, 11) is 0. The lowest BCUT2D eigenvalue weighted by molar-refractivity contribution is -0.123. The zero-order chi connectivity index (χ0) is 19.9. The van der Waals surface area contributed by atoms with Crippen LogP contribution >= 0.6 is 0 Å². The average Bonchev–Trinajstić information content (AvgIpc) is 2.62. The zero-order valence-corrected chi connectivity index (χ0v) is 16.5. The van der Waals surface area contributed by atoms with E-state index in [1.165, 1.54) is 0 Å². The summed E-state index contributed by atoms with van der Waals surface area (Å²) in [5, 5.41) is 5.74. The van der Waals surface area contributed by atoms with E-state index in [9.17, 15) is 9.59 Å². The van der Waals surface area contributed by atoms with Crippen molar-refractivity contribution in [1.29, 1.82) is 0 Å². The van der Waals surface area contributed by atoms with Gasteiger partial charge in [-0.3, -0.25) is 9.59 Å². The Morgan fingerprint density at radius 1 is 0.963 bits per heavy atom. The van der Waals surface area contributed by atoms with Crippen LogP contribution in [0.3, 0.4) is 0 Å². The number of ether oxygens (including phenoxy) is 1. The Morgan fingerprint density at radius 2 is 1.63 bits per heavy atom. The van der Waals surface area contributed by atoms with Crippen molar-refractivity contribution >= 4 is 23.2 Å². The number of nitrogens with one attached hydrogen (secondary N) is 2. The highest BCUT2D eigenvalue weighted by Crippen LogP contribution is 2.23. The van der Waals surface area contributed by atoms with E-state index in [1.807, 2.05) is 32.9 Å². The summed E-state index contributed by atoms with van der Waals surface area (Å²) in [6.45, 7) is 8.22. The third-order valence-corrected chi connectivity index (χ3v) is 3.95. The minimum Gasteiger partial charge on any atom is -0.493 e. The predicted molar refractivity (Wildman–Crippen MR) is 109 cm³/mol. The molecular weight excluding hydrogens is 340 g/mol. The summed E-state index contributed by atoms with van der Waals surface area (Å²) in [6.07, 6.45) is 1.97. The number of para-hydroxylation sites is 1. The van der Waals surface area contributed by atoms with Crippen molar-refractivity contribution in [2.24, 2.45) is 5.41 Å². The lowest BCUT2D eigenvalue weighted by Gasteiger charge is -2.18. The minimum absolute atomic E-state index is 0.0827. The number of carbonyl (C=O) groups excluding carboxylic acids is 2. The molecule has 0 aliphatic rings. The molecule has 2 aromatic rings. The van der Waals surface area contributed by atoms with E-state index >= 15 is 0 Å². The molecule has 144 valence electrons. The van der Waals surface area contributed by atoms with Crippen LogP contribution in [0.4, 0.5) is 11.4 Å². The van der Waals surface area contributed by atoms with Gasteiger partial charge in [0.05, 0.1) is 12.2 Å². The average molecular weight is 368 g/mol. The second-order valence-corrected chi connectivity index (χ2v) is 7.44. The summed E-state index contributed by atoms with van der Waals surface area (Å²) < 4.78 is 5.73. The maximum absolute atomic E-state index is 12.7. The van der Waals surface area contributed by atoms with Crippen LogP contribution in [0.2, 0.25) is 0 Å². The minimum atomic E-state index is -0.492. The fourth-order valence-electron chi connectivity index (χ4n) is 2.30. The Bertz CT molecular complexity index is 794. The Hall–Kier alpha value is -2.82. The van der Waals surface area contributed by atoms with Crippen molar-refractivity contribution in [1.82, 2.24) is 0 Å². The lowest BCUT2D eigenvalue weighted by Crippen LogP contribution is -2.27. The van der Waals surface area contributed by atoms with Gasteiger partial charge in [-0.05, 0) is 36.8 Å². The summed E-state index contributed by atoms with van der Waals surface area (Å²) in [4.78, 5) is 24.8. The molecule has 27 heavy (non-hydrogen) atoms. The number of anilines is 2. The molecular formula is C22H28N2O3. The lowest BCUT2D eigenvalue weighted by atomic mass is 9.95. The van der Waals surface area contributed by atoms with Gasteiger partial charge in [0.15, 0.2) is 0 Å². The topological polar surface area (TPSA) is 67.4 Å². The molecule has 5 heteroatoms. The van der Waals surface area contributed by atoms with Crippen LogP contribution in [0.25, 0.3) is 0 Å². The van der Waals surface area contributed by atoms with Crippen molar-refractivity contribution in [3.05, 3.63) is 54.1 Å². The smallest absolute Gasteiger partial charge is 0.259 e. The molecule has 0 spiro atoms. The summed E-state index contributed by atoms with van der Waals surface area (Å²) in [5.41, 5.74) is 1.24. The van der Waals surface area contributed by atoms with Gasteiger partial charge in [-0.2, -0.15) is 0 Å². The van der Waals surface area contributed by atoms with Crippen LogP contribution in [-0.2, 0) is 4.79 Å². The highest BCUT2D eigenvalue weighted by molar-refractivity contribution is 6.06. The standard InChI is InChI=1S/C22H28N2O3/c1-5-6-14-27-19-13-8-7-12-18(19)20(25)23-16-10-9-11-17(15-16)24-21(26)22(2,3)4/h7-13,15H,5-6,14H2,1-4H3,(H,23,25)(H,24,26). The van der Waals surface area contributed by atoms with Gasteiger partial charge in [0.25, 0.3) is 5.91 Å². The van der Waals surface area contributed by atoms with Gasteiger partial charge < -0.3 is 15.4 Å². The van der Waals surface area contributed by atoms with Gasteiger partial charge in [-0.25, -0.2) is 0 Å². The summed E-state index contributed by atoms with van der Waals surface area (Å²) in [5.74, 6) is 0.239. The molecule has 2 amide bonds. The van der Waals surface area contributed by atoms with Crippen LogP contribution in [-0.4, -0.2) is 18.4 Å². The maximum atomic E-state index is 12.7. The van der Waals surface area contributed by atoms with Crippen molar-refractivity contribution in [2.75, 3.05) is 17.2 Å². The second kappa shape index (κ2) is 9.21. The van der Waals surface area contributed by atoms with Crippen LogP contribution in [0.1, 0.15) is 50.9 Å². The Morgan fingerprint density at radius 3 is 2.30 bits per heavy atom. The first-order valence-electron chi connectivity index (χ1n) is 9.26. The Balaban J connectivity index is 2.10. The van der Waals surface area contributed by atoms with Gasteiger partial charge in [0, 0.05) is 16.8 Å². The predicted octanol–water partition coefficient (Wildman–Crippen LogP) is 5.10. The highest BCUT2D eigenvalue weighted by atomic mass is 16.5. The van der Waals surface area contributed by atoms with Crippen molar-refractivity contribution < 1.29 is 14.3 Å². The number of hydrogen-bond acceptors (Lipinski definition) is 3. The van der Waals surface area contributed by atoms with Gasteiger partial charge in [0.1, 0.15) is 5.75 Å². The maximum Gasteiger partial charge on any atom is 0.259 e. The fourth-order valence-corrected chi connectivity index (χ4v) is 2.30. The van der Waals surface area contributed by atoms with Gasteiger partial charge >= 0.3 is 0 Å². The molecule has 0 saturated carbocycles. The zero-order valence-electron chi connectivity index (χ0n) is 16.5. The van der Waals surface area contributed by atoms with E-state index in [1.54, 1.807) is 36.4 Å². The molecule has 0 aliphatic heterocycles. The van der Waals surface area contributed by atoms with Crippen LogP contribution in [0.5, 0.6) is 5.75 Å². The molecule has 2 aromatic carbocycles. The number of carbonyl (C=O) groups is 2. The van der Waals surface area contributed by atoms with E-state index in [0.717, 1.165) is 12.8 Å². The van der Waals surface area contributed by atoms with E-state index in [4.69, 9.17) is 4.74 Å². The number of rotatable bonds is 7. The van der Waals surface area contributed by atoms with E-state index in [0.29, 0.717) is 29.3 Å². The molecule has 0 heterocycles. The molecule has 0 radical (unpaired) electrons. The van der Waals surface area contributed by atoms with Crippen LogP contribution < -0.4 is 15.4 Å². The summed E-state index contributed by atoms with van der Waals surface area (Å²) in [6, 6.07) is 14.3. The number of benzene rings is 2. The normalized spacial score (nSPS) is 11.0.